The van der Waals surface area contributed by atoms with Gasteiger partial charge in [-0.05, 0) is 109 Å². The first-order chi connectivity index (χ1) is 23.4. The number of allylic oxidation sites excluding steroid dienone is 11. The molecule has 0 aromatic carbocycles. The molecule has 0 saturated heterocycles. The zero-order valence-corrected chi connectivity index (χ0v) is 30.3. The topological polar surface area (TPSA) is 119 Å². The highest BCUT2D eigenvalue weighted by atomic mass is 16.5. The Bertz CT molecular complexity index is 979. The third kappa shape index (κ3) is 31.4. The Morgan fingerprint density at radius 1 is 0.646 bits per heavy atom. The second-order valence-electron chi connectivity index (χ2n) is 12.2. The molecular weight excluding hydrogens is 600 g/mol. The normalized spacial score (nSPS) is 13.6. The van der Waals surface area contributed by atoms with Crippen LogP contribution in [0.5, 0.6) is 0 Å². The van der Waals surface area contributed by atoms with Crippen molar-refractivity contribution < 1.29 is 24.2 Å². The van der Waals surface area contributed by atoms with Crippen molar-refractivity contribution in [3.05, 3.63) is 72.9 Å². The maximum atomic E-state index is 12.6. The fourth-order valence-corrected chi connectivity index (χ4v) is 4.92. The molecule has 0 saturated carbocycles. The monoisotopic (exact) mass is 669 g/mol. The zero-order valence-electron chi connectivity index (χ0n) is 30.3. The molecule has 7 nitrogen and oxygen atoms in total. The van der Waals surface area contributed by atoms with Gasteiger partial charge in [0.1, 0.15) is 12.1 Å². The number of esters is 1. The van der Waals surface area contributed by atoms with Gasteiger partial charge in [0.2, 0.25) is 5.91 Å². The van der Waals surface area contributed by atoms with Crippen molar-refractivity contribution in [1.29, 1.82) is 0 Å². The minimum atomic E-state index is -1.02. The number of carboxylic acid groups (broad SMARTS) is 1. The molecule has 0 aromatic heterocycles. The molecule has 4 N–H and O–H groups in total. The van der Waals surface area contributed by atoms with Crippen LogP contribution in [-0.4, -0.2) is 41.6 Å². The Morgan fingerprint density at radius 2 is 1.21 bits per heavy atom. The molecule has 0 spiro atoms. The van der Waals surface area contributed by atoms with E-state index in [2.05, 4.69) is 86.0 Å². The quantitative estimate of drug-likeness (QED) is 0.0373. The summed E-state index contributed by atoms with van der Waals surface area (Å²) in [5.41, 5.74) is 5.47. The van der Waals surface area contributed by atoms with E-state index in [-0.39, 0.29) is 18.0 Å². The van der Waals surface area contributed by atoms with Gasteiger partial charge in [-0.1, -0.05) is 106 Å². The summed E-state index contributed by atoms with van der Waals surface area (Å²) in [5.74, 6) is -1.41. The van der Waals surface area contributed by atoms with E-state index in [1.165, 1.54) is 19.3 Å². The Hall–Kier alpha value is -3.19. The summed E-state index contributed by atoms with van der Waals surface area (Å²) in [5, 5.41) is 11.9. The van der Waals surface area contributed by atoms with E-state index < -0.39 is 12.0 Å². The number of carbonyl (C=O) groups is 3. The minimum Gasteiger partial charge on any atom is -0.480 e. The van der Waals surface area contributed by atoms with Crippen molar-refractivity contribution in [3.63, 3.8) is 0 Å². The van der Waals surface area contributed by atoms with Crippen LogP contribution in [0.2, 0.25) is 0 Å². The fraction of sp³-hybridized carbons (Fsp3) is 0.634. The van der Waals surface area contributed by atoms with E-state index in [0.717, 1.165) is 83.5 Å². The van der Waals surface area contributed by atoms with Gasteiger partial charge in [0.15, 0.2) is 0 Å². The molecule has 0 aliphatic rings. The molecule has 0 aromatic rings. The van der Waals surface area contributed by atoms with Gasteiger partial charge in [-0.15, -0.1) is 0 Å². The molecule has 0 fully saturated rings. The van der Waals surface area contributed by atoms with Crippen LogP contribution in [0.4, 0.5) is 0 Å². The molecule has 0 heterocycles. The largest absolute Gasteiger partial charge is 0.480 e. The number of rotatable bonds is 32. The molecule has 48 heavy (non-hydrogen) atoms. The lowest BCUT2D eigenvalue weighted by atomic mass is 10.1. The van der Waals surface area contributed by atoms with Crippen LogP contribution in [-0.2, 0) is 19.1 Å². The van der Waals surface area contributed by atoms with E-state index >= 15 is 0 Å². The summed E-state index contributed by atoms with van der Waals surface area (Å²) in [4.78, 5) is 36.2. The maximum absolute atomic E-state index is 12.6. The highest BCUT2D eigenvalue weighted by molar-refractivity contribution is 5.83. The lowest BCUT2D eigenvalue weighted by Crippen LogP contribution is -2.40. The van der Waals surface area contributed by atoms with Crippen LogP contribution < -0.4 is 11.1 Å². The second-order valence-corrected chi connectivity index (χ2v) is 12.2. The van der Waals surface area contributed by atoms with Crippen LogP contribution in [0, 0.1) is 0 Å². The number of nitrogens with one attached hydrogen (secondary N) is 1. The first-order valence-electron chi connectivity index (χ1n) is 18.8. The molecule has 1 amide bonds. The van der Waals surface area contributed by atoms with Crippen LogP contribution in [0.15, 0.2) is 72.9 Å². The lowest BCUT2D eigenvalue weighted by molar-refractivity contribution is -0.147. The number of carboxylic acids is 1. The molecule has 2 atom stereocenters. The molecular formula is C41H68N2O5. The number of aliphatic carboxylic acids is 1. The molecule has 0 rings (SSSR count). The molecule has 0 aliphatic heterocycles. The molecule has 272 valence electrons. The van der Waals surface area contributed by atoms with E-state index in [1.54, 1.807) is 0 Å². The van der Waals surface area contributed by atoms with E-state index in [0.29, 0.717) is 38.6 Å². The highest BCUT2D eigenvalue weighted by Gasteiger charge is 2.18. The number of hydrogen-bond donors (Lipinski definition) is 3. The Kier molecular flexibility index (Phi) is 32.8. The van der Waals surface area contributed by atoms with Crippen molar-refractivity contribution in [2.24, 2.45) is 5.73 Å². The Labute approximate surface area is 292 Å². The molecule has 2 unspecified atom stereocenters. The van der Waals surface area contributed by atoms with E-state index in [9.17, 15) is 19.5 Å². The highest BCUT2D eigenvalue weighted by Crippen LogP contribution is 2.14. The number of carbonyl (C=O) groups excluding carboxylic acids is 2. The SMILES string of the molecule is CC/C=C\C/C=C\C/C=C\C/C=C\CCCCC(=O)OC(/C=C\C/C=C\CCCCC)CCCCCCC(=O)NC(CCCN)C(=O)O. The first-order valence-corrected chi connectivity index (χ1v) is 18.8. The van der Waals surface area contributed by atoms with Crippen LogP contribution >= 0.6 is 0 Å². The third-order valence-corrected chi connectivity index (χ3v) is 7.74. The van der Waals surface area contributed by atoms with Crippen molar-refractivity contribution in [3.8, 4) is 0 Å². The molecule has 0 radical (unpaired) electrons. The van der Waals surface area contributed by atoms with Crippen molar-refractivity contribution in [2.75, 3.05) is 6.54 Å². The van der Waals surface area contributed by atoms with Gasteiger partial charge in [-0.3, -0.25) is 9.59 Å². The van der Waals surface area contributed by atoms with E-state index in [1.807, 2.05) is 6.08 Å². The van der Waals surface area contributed by atoms with Gasteiger partial charge in [-0.25, -0.2) is 4.79 Å². The van der Waals surface area contributed by atoms with Crippen LogP contribution in [0.1, 0.15) is 149 Å². The number of hydrogen-bond acceptors (Lipinski definition) is 5. The van der Waals surface area contributed by atoms with Gasteiger partial charge in [0, 0.05) is 12.8 Å². The predicted molar refractivity (Wildman–Crippen MR) is 202 cm³/mol. The van der Waals surface area contributed by atoms with Crippen molar-refractivity contribution in [2.45, 2.75) is 161 Å². The Morgan fingerprint density at radius 3 is 1.81 bits per heavy atom. The van der Waals surface area contributed by atoms with Crippen molar-refractivity contribution in [1.82, 2.24) is 5.32 Å². The van der Waals surface area contributed by atoms with Gasteiger partial charge in [0.05, 0.1) is 0 Å². The number of nitrogens with two attached hydrogens (primary N) is 1. The number of amides is 1. The van der Waals surface area contributed by atoms with Crippen molar-refractivity contribution >= 4 is 17.8 Å². The summed E-state index contributed by atoms with van der Waals surface area (Å²) < 4.78 is 5.86. The van der Waals surface area contributed by atoms with E-state index in [4.69, 9.17) is 10.5 Å². The van der Waals surface area contributed by atoms with Gasteiger partial charge < -0.3 is 20.9 Å². The summed E-state index contributed by atoms with van der Waals surface area (Å²) in [6, 6.07) is -0.880. The predicted octanol–water partition coefficient (Wildman–Crippen LogP) is 10.00. The number of unbranched alkanes of at least 4 members (excludes halogenated alkanes) is 8. The third-order valence-electron chi connectivity index (χ3n) is 7.74. The fourth-order valence-electron chi connectivity index (χ4n) is 4.92. The molecule has 7 heteroatoms. The number of ether oxygens (including phenoxy) is 1. The molecule has 0 aliphatic carbocycles. The Balaban J connectivity index is 4.47. The zero-order chi connectivity index (χ0) is 35.3. The van der Waals surface area contributed by atoms with Gasteiger partial charge in [0.25, 0.3) is 0 Å². The average Bonchev–Trinajstić information content (AvgIpc) is 3.07. The first kappa shape index (κ1) is 44.8. The van der Waals surface area contributed by atoms with Crippen LogP contribution in [0.25, 0.3) is 0 Å². The van der Waals surface area contributed by atoms with Gasteiger partial charge >= 0.3 is 11.9 Å². The summed E-state index contributed by atoms with van der Waals surface area (Å²) in [6.07, 6.45) is 43.8. The lowest BCUT2D eigenvalue weighted by Gasteiger charge is -2.15. The maximum Gasteiger partial charge on any atom is 0.326 e. The van der Waals surface area contributed by atoms with Gasteiger partial charge in [-0.2, -0.15) is 0 Å². The smallest absolute Gasteiger partial charge is 0.326 e. The second kappa shape index (κ2) is 35.1. The molecule has 0 bridgehead atoms. The summed E-state index contributed by atoms with van der Waals surface area (Å²) in [6.45, 7) is 4.75. The standard InChI is InChI=1S/C41H68N2O5/c1-3-5-7-9-11-13-14-15-16-17-18-19-21-23-29-35-40(45)48-37(31-26-22-20-12-10-8-6-4-2)32-27-24-25-28-34-39(44)43-38(41(46)47)33-30-36-42/h5,7,11-13,15-16,18-20,26,31,37-38H,3-4,6,8-10,14,17,21-25,27-30,32-36,42H2,1-2H3,(H,43,44)(H,46,47)/b7-5-,13-11-,16-15-,19-18-,20-12-,31-26-. The minimum absolute atomic E-state index is 0.149. The summed E-state index contributed by atoms with van der Waals surface area (Å²) >= 11 is 0. The van der Waals surface area contributed by atoms with Crippen LogP contribution in [0.3, 0.4) is 0 Å². The summed E-state index contributed by atoms with van der Waals surface area (Å²) in [7, 11) is 0. The average molecular weight is 669 g/mol.